The molecular formula is C120H203FO. The van der Waals surface area contributed by atoms with E-state index in [1.54, 1.807) is 6.92 Å². The summed E-state index contributed by atoms with van der Waals surface area (Å²) in [5.41, 5.74) is 13.0. The third-order valence-corrected chi connectivity index (χ3v) is 30.1. The zero-order chi connectivity index (χ0) is 92.4. The molecule has 696 valence electrons. The number of benzene rings is 6. The number of hydrogen-bond acceptors (Lipinski definition) is 1. The highest BCUT2D eigenvalue weighted by molar-refractivity contribution is 5.28. The topological polar surface area (TPSA) is 20.2 Å². The summed E-state index contributed by atoms with van der Waals surface area (Å²) in [7, 11) is 0. The van der Waals surface area contributed by atoms with Crippen molar-refractivity contribution < 1.29 is 9.50 Å². The molecule has 122 heavy (non-hydrogen) atoms. The minimum absolute atomic E-state index is 0.237. The minimum atomic E-state index is -0.868. The summed E-state index contributed by atoms with van der Waals surface area (Å²) in [6.07, 6.45) is 29.8. The van der Waals surface area contributed by atoms with E-state index in [-0.39, 0.29) is 12.5 Å². The Labute approximate surface area is 761 Å². The predicted octanol–water partition coefficient (Wildman–Crippen LogP) is 38.5. The maximum absolute atomic E-state index is 13.5. The molecule has 1 N–H and O–H groups in total. The van der Waals surface area contributed by atoms with Gasteiger partial charge in [0.25, 0.3) is 0 Å². The molecule has 6 aromatic rings. The molecule has 0 bridgehead atoms. The molecule has 0 aliphatic heterocycles. The molecule has 10 atom stereocenters. The van der Waals surface area contributed by atoms with E-state index in [0.717, 1.165) is 150 Å². The van der Waals surface area contributed by atoms with E-state index >= 15 is 0 Å². The second kappa shape index (κ2) is 64.0. The lowest BCUT2D eigenvalue weighted by molar-refractivity contribution is 0.0770. The molecule has 6 aromatic carbocycles. The number of aliphatic hydroxyl groups is 1. The molecule has 10 unspecified atom stereocenters. The highest BCUT2D eigenvalue weighted by Crippen LogP contribution is 2.42. The van der Waals surface area contributed by atoms with Crippen LogP contribution in [0, 0.1) is 140 Å². The Morgan fingerprint density at radius 2 is 0.557 bits per heavy atom. The van der Waals surface area contributed by atoms with E-state index in [9.17, 15) is 9.50 Å². The van der Waals surface area contributed by atoms with Crippen molar-refractivity contribution in [2.24, 2.45) is 112 Å². The normalized spacial score (nSPS) is 19.9. The summed E-state index contributed by atoms with van der Waals surface area (Å²) in [6, 6.07) is 56.6. The third-order valence-electron chi connectivity index (χ3n) is 30.1. The summed E-state index contributed by atoms with van der Waals surface area (Å²) >= 11 is 0. The quantitative estimate of drug-likeness (QED) is 0.0606. The predicted molar refractivity (Wildman–Crippen MR) is 549 cm³/mol. The molecule has 4 aliphatic carbocycles. The third kappa shape index (κ3) is 47.9. The van der Waals surface area contributed by atoms with Crippen LogP contribution in [0.2, 0.25) is 0 Å². The van der Waals surface area contributed by atoms with Crippen molar-refractivity contribution in [3.05, 3.63) is 213 Å². The first kappa shape index (κ1) is 115. The van der Waals surface area contributed by atoms with Gasteiger partial charge in [0.1, 0.15) is 5.67 Å². The van der Waals surface area contributed by atoms with Crippen LogP contribution < -0.4 is 0 Å². The number of rotatable bonds is 25. The highest BCUT2D eigenvalue weighted by atomic mass is 19.1. The summed E-state index contributed by atoms with van der Waals surface area (Å²) < 4.78 is 13.5. The SMILES string of the molecule is CC(C)C(C)C1CCC(C)(F)CC1.CC(C)C(C)C1CCCCC1.CC(C)C(C)CC1CCCCC1.CC(C)C(C)c1ccccc1.CC1CCC(C(C)C(C)C)CC1.CCC(c1ccc(C)cc1)C(C)C.CCC(c1ccc(C)cc1)C(C)C.CCC(c1ccccc1)C(C)C.Cc1ccc(C(C)C(C)C)cc1.Cc1ccc(C(CO)C(C)C)cc1. The monoisotopic (exact) mass is 1680 g/mol. The van der Waals surface area contributed by atoms with Crippen LogP contribution in [0.15, 0.2) is 158 Å². The van der Waals surface area contributed by atoms with Gasteiger partial charge in [-0.3, -0.25) is 0 Å². The van der Waals surface area contributed by atoms with Gasteiger partial charge in [0.2, 0.25) is 0 Å². The molecule has 4 aliphatic rings. The van der Waals surface area contributed by atoms with Gasteiger partial charge < -0.3 is 5.11 Å². The molecule has 0 saturated heterocycles. The van der Waals surface area contributed by atoms with Crippen LogP contribution in [0.5, 0.6) is 0 Å². The summed E-state index contributed by atoms with van der Waals surface area (Å²) in [6.45, 7) is 79.7. The average molecular weight is 1680 g/mol. The highest BCUT2D eigenvalue weighted by Gasteiger charge is 2.34. The second-order valence-electron chi connectivity index (χ2n) is 43.3. The van der Waals surface area contributed by atoms with E-state index in [1.807, 2.05) is 0 Å². The van der Waals surface area contributed by atoms with Crippen molar-refractivity contribution in [2.45, 2.75) is 425 Å². The number of alkyl halides is 1. The molecule has 2 heteroatoms. The van der Waals surface area contributed by atoms with Crippen molar-refractivity contribution in [3.63, 3.8) is 0 Å². The fourth-order valence-electron chi connectivity index (χ4n) is 18.6. The van der Waals surface area contributed by atoms with Crippen LogP contribution in [0.4, 0.5) is 4.39 Å². The Bertz CT molecular complexity index is 3220. The molecule has 4 saturated carbocycles. The zero-order valence-corrected chi connectivity index (χ0v) is 87.0. The largest absolute Gasteiger partial charge is 0.396 e. The van der Waals surface area contributed by atoms with E-state index in [0.29, 0.717) is 17.8 Å². The van der Waals surface area contributed by atoms with Crippen LogP contribution in [-0.2, 0) is 0 Å². The number of aliphatic hydroxyl groups excluding tert-OH is 1. The summed E-state index contributed by atoms with van der Waals surface area (Å²) in [5, 5.41) is 9.22. The molecule has 0 amide bonds. The van der Waals surface area contributed by atoms with E-state index in [2.05, 4.69) is 393 Å². The van der Waals surface area contributed by atoms with Crippen molar-refractivity contribution in [3.8, 4) is 0 Å². The fourth-order valence-corrected chi connectivity index (χ4v) is 18.6. The van der Waals surface area contributed by atoms with Gasteiger partial charge in [0, 0.05) is 5.92 Å². The van der Waals surface area contributed by atoms with Crippen LogP contribution in [-0.4, -0.2) is 17.4 Å². The van der Waals surface area contributed by atoms with Gasteiger partial charge in [-0.05, 0) is 274 Å². The molecule has 10 rings (SSSR count). The lowest BCUT2D eigenvalue weighted by Gasteiger charge is -2.35. The van der Waals surface area contributed by atoms with Crippen LogP contribution >= 0.6 is 0 Å². The summed E-state index contributed by atoms with van der Waals surface area (Å²) in [5.74, 6) is 19.9. The number of halogens is 1. The van der Waals surface area contributed by atoms with Gasteiger partial charge >= 0.3 is 0 Å². The molecule has 0 aromatic heterocycles. The first-order valence-corrected chi connectivity index (χ1v) is 51.1. The molecule has 1 nitrogen and oxygen atoms in total. The Hall–Kier alpha value is -4.79. The van der Waals surface area contributed by atoms with E-state index in [4.69, 9.17) is 0 Å². The Morgan fingerprint density at radius 3 is 0.836 bits per heavy atom. The maximum atomic E-state index is 13.5. The smallest absolute Gasteiger partial charge is 0.108 e. The van der Waals surface area contributed by atoms with E-state index in [1.165, 1.54) is 171 Å². The number of hydrogen-bond donors (Lipinski definition) is 1. The molecular weight excluding hydrogens is 1480 g/mol. The van der Waals surface area contributed by atoms with Crippen LogP contribution in [0.25, 0.3) is 0 Å². The van der Waals surface area contributed by atoms with E-state index < -0.39 is 5.67 Å². The second-order valence-corrected chi connectivity index (χ2v) is 43.3. The number of aryl methyl sites for hydroxylation is 4. The van der Waals surface area contributed by atoms with Crippen LogP contribution in [0.1, 0.15) is 447 Å². The van der Waals surface area contributed by atoms with Crippen LogP contribution in [0.3, 0.4) is 0 Å². The van der Waals surface area contributed by atoms with Gasteiger partial charge in [-0.2, -0.15) is 0 Å². The van der Waals surface area contributed by atoms with Gasteiger partial charge in [0.05, 0.1) is 6.61 Å². The lowest BCUT2D eigenvalue weighted by Crippen LogP contribution is -2.30. The summed E-state index contributed by atoms with van der Waals surface area (Å²) in [4.78, 5) is 0. The van der Waals surface area contributed by atoms with Crippen molar-refractivity contribution in [1.82, 2.24) is 0 Å². The first-order valence-electron chi connectivity index (χ1n) is 51.1. The first-order chi connectivity index (χ1) is 57.5. The average Bonchev–Trinajstić information content (AvgIpc) is 0.841. The van der Waals surface area contributed by atoms with Gasteiger partial charge in [-0.25, -0.2) is 4.39 Å². The molecule has 0 spiro atoms. The lowest BCUT2D eigenvalue weighted by atomic mass is 9.72. The zero-order valence-electron chi connectivity index (χ0n) is 87.0. The van der Waals surface area contributed by atoms with Gasteiger partial charge in [-0.1, -0.05) is 465 Å². The van der Waals surface area contributed by atoms with Gasteiger partial charge in [-0.15, -0.1) is 0 Å². The van der Waals surface area contributed by atoms with Crippen molar-refractivity contribution in [1.29, 1.82) is 0 Å². The maximum Gasteiger partial charge on any atom is 0.108 e. The van der Waals surface area contributed by atoms with Crippen molar-refractivity contribution in [2.75, 3.05) is 6.61 Å². The fraction of sp³-hybridized carbons (Fsp3) is 0.700. The molecule has 0 radical (unpaired) electrons. The minimum Gasteiger partial charge on any atom is -0.396 e. The Balaban J connectivity index is 0.000000678. The standard InChI is InChI=1S/2C13H20.C12H23F.C12H18O.C12H24.C12H18.C12H24.C12H18.C11H22.C11H16/c2*1-5-13(10(2)3)12-8-6-11(4)7-9-12;1-9(2)10(3)11-5-7-12(4,13)8-6-11;1-9(2)12(8-13)11-6-4-10(3)5-7-11;2*1-9(2)11(4)12-7-5-10(3)6-8-12;1-10(2)11(3)9-12-7-5-4-6-8-12;1-4-12(10(2)3)11-8-6-5-7-9-11;2*1-9(2)10(3)11-7-5-4-6-8-11/h2*6-10,13H,5H2,1-4H3;9-11H,5-8H2,1-4H3;4-7,9,12-13H,8H2,1-3H3;9-12H,5-8H2,1-4H3;5-9,11H,1-4H3;10-12H,4-9H2,1-3H3;5-10,12H,4H2,1-3H3;9-11H,4-8H2,1-3H3;4-10H,1-3H3. The van der Waals surface area contributed by atoms with Crippen molar-refractivity contribution >= 4 is 0 Å². The molecule has 4 fully saturated rings. The Kier molecular flexibility index (Phi) is 60.5. The Morgan fingerprint density at radius 1 is 0.295 bits per heavy atom. The van der Waals surface area contributed by atoms with Gasteiger partial charge in [0.15, 0.2) is 0 Å². The molecule has 0 heterocycles.